The SMILES string of the molecule is COc1ccc(C)cc1C(c1cc2ccccc2[nH]1)N1Cc2ccccc2C1=O. The van der Waals surface area contributed by atoms with E-state index in [0.29, 0.717) is 6.54 Å². The topological polar surface area (TPSA) is 45.3 Å². The molecule has 0 aliphatic carbocycles. The monoisotopic (exact) mass is 382 g/mol. The van der Waals surface area contributed by atoms with Gasteiger partial charge in [0, 0.05) is 28.9 Å². The molecule has 1 aliphatic heterocycles. The van der Waals surface area contributed by atoms with Gasteiger partial charge in [-0.2, -0.15) is 0 Å². The smallest absolute Gasteiger partial charge is 0.255 e. The zero-order chi connectivity index (χ0) is 20.0. The summed E-state index contributed by atoms with van der Waals surface area (Å²) in [7, 11) is 1.68. The largest absolute Gasteiger partial charge is 0.496 e. The average molecular weight is 382 g/mol. The Bertz CT molecular complexity index is 1190. The van der Waals surface area contributed by atoms with Gasteiger partial charge in [-0.15, -0.1) is 0 Å². The van der Waals surface area contributed by atoms with Crippen LogP contribution in [-0.2, 0) is 6.54 Å². The van der Waals surface area contributed by atoms with Gasteiger partial charge in [-0.3, -0.25) is 4.79 Å². The molecule has 0 saturated heterocycles. The number of amides is 1. The molecule has 0 bridgehead atoms. The molecule has 29 heavy (non-hydrogen) atoms. The van der Waals surface area contributed by atoms with Gasteiger partial charge in [-0.1, -0.05) is 48.0 Å². The number of methoxy groups -OCH3 is 1. The summed E-state index contributed by atoms with van der Waals surface area (Å²) in [6, 6.07) is 24.0. The minimum atomic E-state index is -0.267. The summed E-state index contributed by atoms with van der Waals surface area (Å²) in [6.45, 7) is 2.64. The molecule has 1 N–H and O–H groups in total. The number of H-pyrrole nitrogens is 1. The highest BCUT2D eigenvalue weighted by molar-refractivity contribution is 5.99. The van der Waals surface area contributed by atoms with Crippen LogP contribution < -0.4 is 4.74 Å². The highest BCUT2D eigenvalue weighted by Gasteiger charge is 2.36. The number of ether oxygens (including phenoxy) is 1. The lowest BCUT2D eigenvalue weighted by atomic mass is 9.98. The maximum atomic E-state index is 13.4. The van der Waals surface area contributed by atoms with Gasteiger partial charge in [-0.25, -0.2) is 0 Å². The first kappa shape index (κ1) is 17.6. The molecule has 5 rings (SSSR count). The number of nitrogens with one attached hydrogen (secondary N) is 1. The molecule has 1 aliphatic rings. The molecule has 144 valence electrons. The molecule has 1 atom stereocenters. The summed E-state index contributed by atoms with van der Waals surface area (Å²) in [5, 5.41) is 1.13. The Kier molecular flexibility index (Phi) is 4.13. The van der Waals surface area contributed by atoms with Crippen molar-refractivity contribution < 1.29 is 9.53 Å². The van der Waals surface area contributed by atoms with E-state index in [4.69, 9.17) is 4.74 Å². The van der Waals surface area contributed by atoms with E-state index in [9.17, 15) is 4.79 Å². The number of carbonyl (C=O) groups excluding carboxylic acids is 1. The molecule has 1 amide bonds. The first-order valence-corrected chi connectivity index (χ1v) is 9.77. The van der Waals surface area contributed by atoms with Gasteiger partial charge in [-0.05, 0) is 48.2 Å². The molecule has 1 aromatic heterocycles. The predicted molar refractivity (Wildman–Crippen MR) is 114 cm³/mol. The number of hydrogen-bond donors (Lipinski definition) is 1. The summed E-state index contributed by atoms with van der Waals surface area (Å²) < 4.78 is 5.70. The number of nitrogens with zero attached hydrogens (tertiary/aromatic N) is 1. The van der Waals surface area contributed by atoms with E-state index in [1.54, 1.807) is 7.11 Å². The first-order valence-electron chi connectivity index (χ1n) is 9.77. The van der Waals surface area contributed by atoms with E-state index in [-0.39, 0.29) is 11.9 Å². The van der Waals surface area contributed by atoms with Crippen molar-refractivity contribution in [1.29, 1.82) is 0 Å². The molecular formula is C25H22N2O2. The first-order chi connectivity index (χ1) is 14.2. The van der Waals surface area contributed by atoms with Crippen LogP contribution in [0.25, 0.3) is 10.9 Å². The Morgan fingerprint density at radius 3 is 2.59 bits per heavy atom. The third-order valence-corrected chi connectivity index (χ3v) is 5.69. The highest BCUT2D eigenvalue weighted by atomic mass is 16.5. The number of aromatic nitrogens is 1. The number of fused-ring (bicyclic) bond motifs is 2. The summed E-state index contributed by atoms with van der Waals surface area (Å²) in [6.07, 6.45) is 0. The molecular weight excluding hydrogens is 360 g/mol. The normalized spacial score (nSPS) is 14.3. The van der Waals surface area contributed by atoms with Crippen molar-refractivity contribution >= 4 is 16.8 Å². The second-order valence-corrected chi connectivity index (χ2v) is 7.55. The summed E-state index contributed by atoms with van der Waals surface area (Å²) >= 11 is 0. The zero-order valence-corrected chi connectivity index (χ0v) is 16.5. The van der Waals surface area contributed by atoms with E-state index >= 15 is 0 Å². The number of carbonyl (C=O) groups is 1. The average Bonchev–Trinajstić information content (AvgIpc) is 3.30. The van der Waals surface area contributed by atoms with Gasteiger partial charge >= 0.3 is 0 Å². The lowest BCUT2D eigenvalue weighted by Crippen LogP contribution is -2.30. The van der Waals surface area contributed by atoms with E-state index in [0.717, 1.165) is 44.6 Å². The Morgan fingerprint density at radius 2 is 1.79 bits per heavy atom. The number of para-hydroxylation sites is 1. The molecule has 4 aromatic rings. The van der Waals surface area contributed by atoms with E-state index in [2.05, 4.69) is 36.2 Å². The molecule has 0 spiro atoms. The Labute approximate surface area is 169 Å². The van der Waals surface area contributed by atoms with E-state index in [1.165, 1.54) is 0 Å². The molecule has 0 saturated carbocycles. The van der Waals surface area contributed by atoms with Crippen molar-refractivity contribution in [2.24, 2.45) is 0 Å². The van der Waals surface area contributed by atoms with Crippen LogP contribution in [0.1, 0.15) is 38.8 Å². The van der Waals surface area contributed by atoms with Gasteiger partial charge in [0.05, 0.1) is 7.11 Å². The van der Waals surface area contributed by atoms with E-state index in [1.807, 2.05) is 53.4 Å². The van der Waals surface area contributed by atoms with Gasteiger partial charge in [0.1, 0.15) is 11.8 Å². The number of aromatic amines is 1. The zero-order valence-electron chi connectivity index (χ0n) is 16.5. The van der Waals surface area contributed by atoms with Crippen LogP contribution in [0.2, 0.25) is 0 Å². The summed E-state index contributed by atoms with van der Waals surface area (Å²) in [4.78, 5) is 18.8. The van der Waals surface area contributed by atoms with Gasteiger partial charge in [0.25, 0.3) is 5.91 Å². The van der Waals surface area contributed by atoms with Crippen molar-refractivity contribution in [1.82, 2.24) is 9.88 Å². The Morgan fingerprint density at radius 1 is 1.00 bits per heavy atom. The van der Waals surface area contributed by atoms with Crippen LogP contribution in [0.15, 0.2) is 72.8 Å². The summed E-state index contributed by atoms with van der Waals surface area (Å²) in [5.41, 5.74) is 6.00. The number of aryl methyl sites for hydroxylation is 1. The van der Waals surface area contributed by atoms with Crippen molar-refractivity contribution in [3.63, 3.8) is 0 Å². The number of hydrogen-bond acceptors (Lipinski definition) is 2. The maximum absolute atomic E-state index is 13.4. The van der Waals surface area contributed by atoms with Crippen molar-refractivity contribution in [3.05, 3.63) is 101 Å². The fraction of sp³-hybridized carbons (Fsp3) is 0.160. The van der Waals surface area contributed by atoms with Gasteiger partial charge in [0.2, 0.25) is 0 Å². The molecule has 0 fully saturated rings. The van der Waals surface area contributed by atoms with Gasteiger partial charge in [0.15, 0.2) is 0 Å². The van der Waals surface area contributed by atoms with Crippen LogP contribution in [0.3, 0.4) is 0 Å². The molecule has 4 heteroatoms. The van der Waals surface area contributed by atoms with E-state index < -0.39 is 0 Å². The molecule has 4 nitrogen and oxygen atoms in total. The second-order valence-electron chi connectivity index (χ2n) is 7.55. The molecule has 3 aromatic carbocycles. The molecule has 1 unspecified atom stereocenters. The Hall–Kier alpha value is -3.53. The number of benzene rings is 3. The quantitative estimate of drug-likeness (QED) is 0.525. The third kappa shape index (κ3) is 2.88. The molecule has 0 radical (unpaired) electrons. The lowest BCUT2D eigenvalue weighted by Gasteiger charge is -2.29. The van der Waals surface area contributed by atoms with Crippen molar-refractivity contribution in [3.8, 4) is 5.75 Å². The molecule has 2 heterocycles. The second kappa shape index (κ2) is 6.82. The Balaban J connectivity index is 1.70. The van der Waals surface area contributed by atoms with Crippen molar-refractivity contribution in [2.45, 2.75) is 19.5 Å². The van der Waals surface area contributed by atoms with Crippen LogP contribution in [0.4, 0.5) is 0 Å². The maximum Gasteiger partial charge on any atom is 0.255 e. The highest BCUT2D eigenvalue weighted by Crippen LogP contribution is 2.40. The van der Waals surface area contributed by atoms with Crippen LogP contribution in [0, 0.1) is 6.92 Å². The van der Waals surface area contributed by atoms with Crippen LogP contribution >= 0.6 is 0 Å². The summed E-state index contributed by atoms with van der Waals surface area (Å²) in [5.74, 6) is 0.829. The number of rotatable bonds is 4. The van der Waals surface area contributed by atoms with Crippen LogP contribution in [0.5, 0.6) is 5.75 Å². The minimum Gasteiger partial charge on any atom is -0.496 e. The predicted octanol–water partition coefficient (Wildman–Crippen LogP) is 5.23. The lowest BCUT2D eigenvalue weighted by molar-refractivity contribution is 0.0726. The van der Waals surface area contributed by atoms with Crippen LogP contribution in [-0.4, -0.2) is 22.9 Å². The fourth-order valence-corrected chi connectivity index (χ4v) is 4.30. The minimum absolute atomic E-state index is 0.0489. The standard InChI is InChI=1S/C25H22N2O2/c1-16-11-12-23(29-2)20(13-16)24(22-14-17-7-4-6-10-21(17)26-22)27-15-18-8-3-5-9-19(18)25(27)28/h3-14,24,26H,15H2,1-2H3. The fourth-order valence-electron chi connectivity index (χ4n) is 4.30. The van der Waals surface area contributed by atoms with Gasteiger partial charge < -0.3 is 14.6 Å². The third-order valence-electron chi connectivity index (χ3n) is 5.69. The van der Waals surface area contributed by atoms with Crippen molar-refractivity contribution in [2.75, 3.05) is 7.11 Å².